The maximum atomic E-state index is 11.2. The molecule has 0 amide bonds. The van der Waals surface area contributed by atoms with Gasteiger partial charge in [-0.2, -0.15) is 0 Å². The van der Waals surface area contributed by atoms with E-state index in [-0.39, 0.29) is 6.04 Å². The molecule has 17 heavy (non-hydrogen) atoms. The molecule has 1 N–H and O–H groups in total. The minimum Gasteiger partial charge on any atom is -0.480 e. The molecule has 0 aliphatic carbocycles. The van der Waals surface area contributed by atoms with Crippen molar-refractivity contribution in [1.82, 2.24) is 4.90 Å². The van der Waals surface area contributed by atoms with Gasteiger partial charge in [0.05, 0.1) is 0 Å². The average Bonchev–Trinajstić information content (AvgIpc) is 2.26. The molecule has 0 spiro atoms. The lowest BCUT2D eigenvalue weighted by Crippen LogP contribution is -2.48. The number of carbonyl (C=O) groups is 1. The normalized spacial score (nSPS) is 13.8. The topological polar surface area (TPSA) is 40.5 Å². The van der Waals surface area contributed by atoms with E-state index in [0.717, 1.165) is 10.0 Å². The van der Waals surface area contributed by atoms with Gasteiger partial charge in [0, 0.05) is 10.5 Å². The zero-order valence-corrected chi connectivity index (χ0v) is 12.2. The zero-order valence-electron chi connectivity index (χ0n) is 10.6. The van der Waals surface area contributed by atoms with Gasteiger partial charge in [-0.15, -0.1) is 0 Å². The van der Waals surface area contributed by atoms with Gasteiger partial charge >= 0.3 is 5.97 Å². The van der Waals surface area contributed by atoms with E-state index in [9.17, 15) is 9.90 Å². The Morgan fingerprint density at radius 3 is 2.53 bits per heavy atom. The summed E-state index contributed by atoms with van der Waals surface area (Å²) >= 11 is 3.42. The Morgan fingerprint density at radius 2 is 2.06 bits per heavy atom. The van der Waals surface area contributed by atoms with E-state index in [1.807, 2.05) is 43.1 Å². The fourth-order valence-electron chi connectivity index (χ4n) is 1.63. The lowest BCUT2D eigenvalue weighted by atomic mass is 9.98. The summed E-state index contributed by atoms with van der Waals surface area (Å²) in [7, 11) is 1.83. The van der Waals surface area contributed by atoms with Crippen LogP contribution >= 0.6 is 15.9 Å². The van der Waals surface area contributed by atoms with E-state index in [2.05, 4.69) is 15.9 Å². The molecule has 0 fully saturated rings. The molecule has 1 aromatic rings. The molecule has 0 aliphatic rings. The lowest BCUT2D eigenvalue weighted by Gasteiger charge is -2.36. The summed E-state index contributed by atoms with van der Waals surface area (Å²) in [4.78, 5) is 13.1. The molecule has 0 heterocycles. The minimum atomic E-state index is -0.887. The first-order valence-electron chi connectivity index (χ1n) is 5.48. The molecule has 1 atom stereocenters. The maximum absolute atomic E-state index is 11.2. The van der Waals surface area contributed by atoms with Crippen molar-refractivity contribution in [2.24, 2.45) is 0 Å². The van der Waals surface area contributed by atoms with Crippen molar-refractivity contribution >= 4 is 21.9 Å². The average molecular weight is 300 g/mol. The molecular formula is C13H18BrNO2. The van der Waals surface area contributed by atoms with Crippen LogP contribution in [-0.2, 0) is 4.79 Å². The highest BCUT2D eigenvalue weighted by Crippen LogP contribution is 2.27. The van der Waals surface area contributed by atoms with Gasteiger partial charge < -0.3 is 5.11 Å². The Morgan fingerprint density at radius 1 is 1.47 bits per heavy atom. The Hall–Kier alpha value is -0.870. The molecule has 3 nitrogen and oxygen atoms in total. The van der Waals surface area contributed by atoms with Crippen molar-refractivity contribution < 1.29 is 9.90 Å². The highest BCUT2D eigenvalue weighted by atomic mass is 79.9. The van der Waals surface area contributed by atoms with E-state index in [4.69, 9.17) is 0 Å². The number of benzene rings is 1. The molecule has 0 saturated heterocycles. The quantitative estimate of drug-likeness (QED) is 0.927. The number of hydrogen-bond acceptors (Lipinski definition) is 2. The van der Waals surface area contributed by atoms with E-state index in [1.165, 1.54) is 0 Å². The summed E-state index contributed by atoms with van der Waals surface area (Å²) in [5.74, 6) is -0.818. The van der Waals surface area contributed by atoms with Crippen LogP contribution in [0.1, 0.15) is 32.4 Å². The van der Waals surface area contributed by atoms with Crippen molar-refractivity contribution in [1.29, 1.82) is 0 Å². The Kier molecular flexibility index (Phi) is 4.33. The van der Waals surface area contributed by atoms with Crippen molar-refractivity contribution in [2.45, 2.75) is 32.4 Å². The monoisotopic (exact) mass is 299 g/mol. The van der Waals surface area contributed by atoms with Crippen LogP contribution in [0.2, 0.25) is 0 Å². The van der Waals surface area contributed by atoms with Crippen LogP contribution in [0.15, 0.2) is 28.7 Å². The largest absolute Gasteiger partial charge is 0.480 e. The van der Waals surface area contributed by atoms with Crippen LogP contribution in [-0.4, -0.2) is 28.6 Å². The first-order chi connectivity index (χ1) is 7.76. The molecule has 94 valence electrons. The summed E-state index contributed by atoms with van der Waals surface area (Å²) in [6, 6.07) is 7.97. The molecule has 4 heteroatoms. The standard InChI is InChI=1S/C13H18BrNO2/c1-9(10-6-5-7-11(14)8-10)15(4)13(2,3)12(16)17/h5-9H,1-4H3,(H,16,17). The number of likely N-dealkylation sites (N-methyl/N-ethyl adjacent to an activating group) is 1. The Balaban J connectivity index is 2.98. The summed E-state index contributed by atoms with van der Waals surface area (Å²) < 4.78 is 1.00. The zero-order chi connectivity index (χ0) is 13.2. The maximum Gasteiger partial charge on any atom is 0.323 e. The molecule has 1 aromatic carbocycles. The summed E-state index contributed by atoms with van der Waals surface area (Å²) in [6.07, 6.45) is 0. The highest BCUT2D eigenvalue weighted by molar-refractivity contribution is 9.10. The van der Waals surface area contributed by atoms with Gasteiger partial charge in [0.2, 0.25) is 0 Å². The number of nitrogens with zero attached hydrogens (tertiary/aromatic N) is 1. The summed E-state index contributed by atoms with van der Waals surface area (Å²) in [6.45, 7) is 5.43. The van der Waals surface area contributed by atoms with Crippen LogP contribution in [0, 0.1) is 0 Å². The highest BCUT2D eigenvalue weighted by Gasteiger charge is 2.35. The van der Waals surface area contributed by atoms with Gasteiger partial charge in [0.1, 0.15) is 5.54 Å². The molecule has 1 rings (SSSR count). The van der Waals surface area contributed by atoms with Gasteiger partial charge in [-0.25, -0.2) is 0 Å². The van der Waals surface area contributed by atoms with Crippen LogP contribution < -0.4 is 0 Å². The third-order valence-corrected chi connectivity index (χ3v) is 3.81. The lowest BCUT2D eigenvalue weighted by molar-refractivity contribution is -0.149. The van der Waals surface area contributed by atoms with E-state index in [1.54, 1.807) is 13.8 Å². The molecular weight excluding hydrogens is 282 g/mol. The number of aliphatic carboxylic acids is 1. The molecule has 0 saturated carbocycles. The van der Waals surface area contributed by atoms with Crippen molar-refractivity contribution in [3.8, 4) is 0 Å². The molecule has 0 aliphatic heterocycles. The second-order valence-electron chi connectivity index (χ2n) is 4.71. The van der Waals surface area contributed by atoms with Crippen LogP contribution in [0.5, 0.6) is 0 Å². The van der Waals surface area contributed by atoms with Gasteiger partial charge in [-0.1, -0.05) is 28.1 Å². The predicted octanol–water partition coefficient (Wildman–Crippen LogP) is 3.31. The fourth-order valence-corrected chi connectivity index (χ4v) is 2.04. The van der Waals surface area contributed by atoms with Gasteiger partial charge in [-0.3, -0.25) is 9.69 Å². The van der Waals surface area contributed by atoms with Crippen LogP contribution in [0.25, 0.3) is 0 Å². The molecule has 0 aromatic heterocycles. The van der Waals surface area contributed by atoms with E-state index < -0.39 is 11.5 Å². The second-order valence-corrected chi connectivity index (χ2v) is 5.62. The van der Waals surface area contributed by atoms with Crippen molar-refractivity contribution in [2.75, 3.05) is 7.05 Å². The third kappa shape index (κ3) is 3.07. The SMILES string of the molecule is CC(c1cccc(Br)c1)N(C)C(C)(C)C(=O)O. The Bertz CT molecular complexity index is 418. The van der Waals surface area contributed by atoms with Crippen molar-refractivity contribution in [3.05, 3.63) is 34.3 Å². The van der Waals surface area contributed by atoms with E-state index in [0.29, 0.717) is 0 Å². The smallest absolute Gasteiger partial charge is 0.323 e. The summed E-state index contributed by atoms with van der Waals surface area (Å²) in [5, 5.41) is 9.21. The Labute approximate surface area is 111 Å². The molecule has 1 unspecified atom stereocenters. The predicted molar refractivity (Wildman–Crippen MR) is 72.0 cm³/mol. The van der Waals surface area contributed by atoms with Crippen molar-refractivity contribution in [3.63, 3.8) is 0 Å². The fraction of sp³-hybridized carbons (Fsp3) is 0.462. The number of rotatable bonds is 4. The first-order valence-corrected chi connectivity index (χ1v) is 6.28. The number of carboxylic acid groups (broad SMARTS) is 1. The number of carboxylic acids is 1. The number of halogens is 1. The van der Waals surface area contributed by atoms with Crippen LogP contribution in [0.3, 0.4) is 0 Å². The van der Waals surface area contributed by atoms with Gasteiger partial charge in [0.15, 0.2) is 0 Å². The number of hydrogen-bond donors (Lipinski definition) is 1. The van der Waals surface area contributed by atoms with Gasteiger partial charge in [0.25, 0.3) is 0 Å². The third-order valence-electron chi connectivity index (χ3n) is 3.32. The second kappa shape index (κ2) is 5.19. The minimum absolute atomic E-state index is 0.0404. The summed E-state index contributed by atoms with van der Waals surface area (Å²) in [5.41, 5.74) is 0.207. The first kappa shape index (κ1) is 14.2. The molecule has 0 bridgehead atoms. The van der Waals surface area contributed by atoms with E-state index >= 15 is 0 Å². The van der Waals surface area contributed by atoms with Gasteiger partial charge in [-0.05, 0) is 45.5 Å². The molecule has 0 radical (unpaired) electrons. The van der Waals surface area contributed by atoms with Crippen LogP contribution in [0.4, 0.5) is 0 Å².